The van der Waals surface area contributed by atoms with Crippen molar-refractivity contribution in [3.05, 3.63) is 58.4 Å². The minimum Gasteiger partial charge on any atom is -0.459 e. The summed E-state index contributed by atoms with van der Waals surface area (Å²) in [5, 5.41) is 9.44. The molecule has 1 saturated heterocycles. The van der Waals surface area contributed by atoms with Gasteiger partial charge in [-0.05, 0) is 36.6 Å². The molecule has 0 saturated carbocycles. The highest BCUT2D eigenvalue weighted by Gasteiger charge is 2.30. The molecule has 1 aliphatic heterocycles. The van der Waals surface area contributed by atoms with Crippen LogP contribution in [0.4, 0.5) is 5.88 Å². The molecule has 0 radical (unpaired) electrons. The molecule has 30 heavy (non-hydrogen) atoms. The van der Waals surface area contributed by atoms with Gasteiger partial charge in [0.1, 0.15) is 6.07 Å². The van der Waals surface area contributed by atoms with Crippen molar-refractivity contribution in [1.29, 1.82) is 5.26 Å². The van der Waals surface area contributed by atoms with E-state index in [1.807, 2.05) is 36.2 Å². The summed E-state index contributed by atoms with van der Waals surface area (Å²) >= 11 is 3.54. The van der Waals surface area contributed by atoms with Crippen LogP contribution < -0.4 is 4.90 Å². The maximum absolute atomic E-state index is 12.9. The zero-order chi connectivity index (χ0) is 21.1. The van der Waals surface area contributed by atoms with Crippen LogP contribution in [0.3, 0.4) is 0 Å². The second kappa shape index (κ2) is 8.76. The van der Waals surface area contributed by atoms with Gasteiger partial charge in [-0.15, -0.1) is 0 Å². The Hall–Kier alpha value is -3.05. The van der Waals surface area contributed by atoms with Crippen molar-refractivity contribution in [1.82, 2.24) is 9.88 Å². The summed E-state index contributed by atoms with van der Waals surface area (Å²) in [7, 11) is 1.84. The molecule has 0 bridgehead atoms. The number of hydrogen-bond donors (Lipinski definition) is 0. The summed E-state index contributed by atoms with van der Waals surface area (Å²) in [6.07, 6.45) is 2.93. The largest absolute Gasteiger partial charge is 0.459 e. The molecule has 0 spiro atoms. The molecule has 3 aromatic rings. The van der Waals surface area contributed by atoms with Crippen LogP contribution in [0.1, 0.15) is 24.1 Å². The number of nitrogens with zero attached hydrogens (tertiary/aromatic N) is 4. The smallest absolute Gasteiger partial charge is 0.266 e. The first-order chi connectivity index (χ1) is 14.6. The Kier molecular flexibility index (Phi) is 5.91. The number of furan rings is 1. The van der Waals surface area contributed by atoms with Crippen molar-refractivity contribution in [3.8, 4) is 17.7 Å². The SMILES string of the molecule is CN(Cc1ccccc1Br)C(=O)C1CCN(c2oc(-c3ccco3)nc2C#N)CC1. The molecular formula is C22H21BrN4O3. The molecule has 0 aliphatic carbocycles. The standard InChI is InChI=1S/C22H21BrN4O3/c1-26(14-16-5-2-3-6-17(16)23)21(28)15-8-10-27(11-9-15)22-18(13-24)25-20(30-22)19-7-4-12-29-19/h2-7,12,15H,8-11,14H2,1H3. The Labute approximate surface area is 183 Å². The number of aromatic nitrogens is 1. The molecule has 1 aromatic carbocycles. The van der Waals surface area contributed by atoms with Gasteiger partial charge in [-0.25, -0.2) is 0 Å². The number of anilines is 1. The summed E-state index contributed by atoms with van der Waals surface area (Å²) in [5.74, 6) is 1.30. The maximum Gasteiger partial charge on any atom is 0.266 e. The fourth-order valence-electron chi connectivity index (χ4n) is 3.71. The number of amides is 1. The Morgan fingerprint density at radius 1 is 1.30 bits per heavy atom. The van der Waals surface area contributed by atoms with Gasteiger partial charge < -0.3 is 18.6 Å². The summed E-state index contributed by atoms with van der Waals surface area (Å²) < 4.78 is 12.1. The first-order valence-corrected chi connectivity index (χ1v) is 10.5. The molecule has 0 N–H and O–H groups in total. The molecule has 8 heteroatoms. The van der Waals surface area contributed by atoms with Crippen molar-refractivity contribution in [2.75, 3.05) is 25.0 Å². The van der Waals surface area contributed by atoms with Gasteiger partial charge in [0.25, 0.3) is 5.89 Å². The second-order valence-corrected chi connectivity index (χ2v) is 8.16. The molecule has 7 nitrogen and oxygen atoms in total. The average Bonchev–Trinajstić information content (AvgIpc) is 3.44. The van der Waals surface area contributed by atoms with Gasteiger partial charge in [-0.1, -0.05) is 34.1 Å². The van der Waals surface area contributed by atoms with E-state index in [0.29, 0.717) is 44.1 Å². The van der Waals surface area contributed by atoms with Crippen LogP contribution in [-0.4, -0.2) is 35.9 Å². The van der Waals surface area contributed by atoms with E-state index in [1.54, 1.807) is 17.0 Å². The van der Waals surface area contributed by atoms with Gasteiger partial charge in [0.05, 0.1) is 6.26 Å². The quantitative estimate of drug-likeness (QED) is 0.549. The highest BCUT2D eigenvalue weighted by molar-refractivity contribution is 9.10. The van der Waals surface area contributed by atoms with E-state index < -0.39 is 0 Å². The lowest BCUT2D eigenvalue weighted by Gasteiger charge is -2.33. The lowest BCUT2D eigenvalue weighted by molar-refractivity contribution is -0.135. The van der Waals surface area contributed by atoms with E-state index in [4.69, 9.17) is 8.83 Å². The number of piperidine rings is 1. The topological polar surface area (TPSA) is 86.5 Å². The normalized spacial score (nSPS) is 14.5. The fourth-order valence-corrected chi connectivity index (χ4v) is 4.12. The predicted molar refractivity (Wildman–Crippen MR) is 114 cm³/mol. The van der Waals surface area contributed by atoms with Gasteiger partial charge in [0, 0.05) is 37.1 Å². The van der Waals surface area contributed by atoms with E-state index >= 15 is 0 Å². The number of carbonyl (C=O) groups excluding carboxylic acids is 1. The summed E-state index contributed by atoms with van der Waals surface area (Å²) in [6, 6.07) is 13.5. The third kappa shape index (κ3) is 4.12. The Morgan fingerprint density at radius 3 is 2.73 bits per heavy atom. The van der Waals surface area contributed by atoms with Crippen LogP contribution in [0.5, 0.6) is 0 Å². The zero-order valence-electron chi connectivity index (χ0n) is 16.5. The van der Waals surface area contributed by atoms with Crippen LogP contribution in [0.15, 0.2) is 56.0 Å². The van der Waals surface area contributed by atoms with E-state index in [2.05, 4.69) is 27.0 Å². The second-order valence-electron chi connectivity index (χ2n) is 7.31. The molecule has 3 heterocycles. The highest BCUT2D eigenvalue weighted by Crippen LogP contribution is 2.31. The molecule has 0 unspecified atom stereocenters. The maximum atomic E-state index is 12.9. The number of hydrogen-bond acceptors (Lipinski definition) is 6. The number of carbonyl (C=O) groups is 1. The molecule has 0 atom stereocenters. The Balaban J connectivity index is 1.40. The van der Waals surface area contributed by atoms with Gasteiger partial charge in [-0.2, -0.15) is 10.2 Å². The van der Waals surface area contributed by atoms with Crippen molar-refractivity contribution in [2.24, 2.45) is 5.92 Å². The molecule has 154 valence electrons. The zero-order valence-corrected chi connectivity index (χ0v) is 18.1. The molecule has 4 rings (SSSR count). The van der Waals surface area contributed by atoms with Crippen LogP contribution in [0, 0.1) is 17.2 Å². The highest BCUT2D eigenvalue weighted by atomic mass is 79.9. The third-order valence-corrected chi connectivity index (χ3v) is 6.09. The number of rotatable bonds is 5. The van der Waals surface area contributed by atoms with E-state index in [1.165, 1.54) is 6.26 Å². The van der Waals surface area contributed by atoms with E-state index in [0.717, 1.165) is 10.0 Å². The van der Waals surface area contributed by atoms with Crippen molar-refractivity contribution >= 4 is 27.7 Å². The lowest BCUT2D eigenvalue weighted by atomic mass is 9.95. The van der Waals surface area contributed by atoms with Crippen molar-refractivity contribution in [2.45, 2.75) is 19.4 Å². The third-order valence-electron chi connectivity index (χ3n) is 5.32. The molecule has 1 amide bonds. The molecule has 1 fully saturated rings. The van der Waals surface area contributed by atoms with E-state index in [-0.39, 0.29) is 23.4 Å². The number of halogens is 1. The summed E-state index contributed by atoms with van der Waals surface area (Å²) in [6.45, 7) is 1.81. The minimum atomic E-state index is -0.0493. The summed E-state index contributed by atoms with van der Waals surface area (Å²) in [5.41, 5.74) is 1.31. The number of oxazole rings is 1. The Bertz CT molecular complexity index is 1060. The summed E-state index contributed by atoms with van der Waals surface area (Å²) in [4.78, 5) is 20.9. The van der Waals surface area contributed by atoms with Crippen molar-refractivity contribution < 1.29 is 13.6 Å². The van der Waals surface area contributed by atoms with Gasteiger partial charge in [-0.3, -0.25) is 4.79 Å². The first kappa shape index (κ1) is 20.2. The monoisotopic (exact) mass is 468 g/mol. The van der Waals surface area contributed by atoms with Crippen LogP contribution >= 0.6 is 15.9 Å². The minimum absolute atomic E-state index is 0.0493. The van der Waals surface area contributed by atoms with Crippen LogP contribution in [-0.2, 0) is 11.3 Å². The molecular weight excluding hydrogens is 448 g/mol. The molecule has 1 aliphatic rings. The number of benzene rings is 1. The Morgan fingerprint density at radius 2 is 2.07 bits per heavy atom. The fraction of sp³-hybridized carbons (Fsp3) is 0.318. The first-order valence-electron chi connectivity index (χ1n) is 9.75. The predicted octanol–water partition coefficient (Wildman–Crippen LogP) is 4.44. The van der Waals surface area contributed by atoms with E-state index in [9.17, 15) is 10.1 Å². The van der Waals surface area contributed by atoms with Gasteiger partial charge >= 0.3 is 0 Å². The van der Waals surface area contributed by atoms with Crippen LogP contribution in [0.25, 0.3) is 11.7 Å². The lowest BCUT2D eigenvalue weighted by Crippen LogP contribution is -2.41. The average molecular weight is 469 g/mol. The van der Waals surface area contributed by atoms with Gasteiger partial charge in [0.2, 0.25) is 17.5 Å². The van der Waals surface area contributed by atoms with Crippen LogP contribution in [0.2, 0.25) is 0 Å². The number of nitriles is 1. The van der Waals surface area contributed by atoms with Crippen molar-refractivity contribution in [3.63, 3.8) is 0 Å². The van der Waals surface area contributed by atoms with Gasteiger partial charge in [0.15, 0.2) is 5.76 Å². The molecule has 2 aromatic heterocycles.